The molecule has 0 N–H and O–H groups in total. The summed E-state index contributed by atoms with van der Waals surface area (Å²) in [6.07, 6.45) is 1.77. The van der Waals surface area contributed by atoms with Crippen LogP contribution >= 0.6 is 0 Å². The molecule has 0 spiro atoms. The summed E-state index contributed by atoms with van der Waals surface area (Å²) in [6.45, 7) is 3.99. The molecule has 1 saturated heterocycles. The molecule has 2 aromatic heterocycles. The van der Waals surface area contributed by atoms with Crippen molar-refractivity contribution >= 4 is 16.6 Å². The van der Waals surface area contributed by atoms with Gasteiger partial charge >= 0.3 is 5.69 Å². The first-order chi connectivity index (χ1) is 14.3. The minimum atomic E-state index is -1.02. The number of nitro groups is 1. The van der Waals surface area contributed by atoms with E-state index in [1.165, 1.54) is 16.8 Å². The minimum absolute atomic E-state index is 0.160. The van der Waals surface area contributed by atoms with Gasteiger partial charge in [-0.1, -0.05) is 0 Å². The fraction of sp³-hybridized carbons (Fsp3) is 0.400. The molecule has 1 aliphatic heterocycles. The molecule has 1 atom stereocenters. The number of halogens is 2. The van der Waals surface area contributed by atoms with E-state index in [9.17, 15) is 18.9 Å². The number of aromatic nitrogens is 3. The lowest BCUT2D eigenvalue weighted by Crippen LogP contribution is -2.19. The van der Waals surface area contributed by atoms with Crippen LogP contribution in [0, 0.1) is 21.7 Å². The van der Waals surface area contributed by atoms with Gasteiger partial charge in [0.1, 0.15) is 5.69 Å². The standard InChI is InChI=1S/C20H20F2N4O4/c1-11(2)30-20-16(26(27)28)7-6-15(23-20)19-12-9-13(21)14(22)10-17(12)25(24-19)18-5-3-4-8-29-18/h6-7,9-11,18H,3-5,8H2,1-2H3. The Kier molecular flexibility index (Phi) is 5.33. The van der Waals surface area contributed by atoms with Crippen LogP contribution in [0.4, 0.5) is 14.5 Å². The first-order valence-corrected chi connectivity index (χ1v) is 9.66. The fourth-order valence-corrected chi connectivity index (χ4v) is 3.47. The zero-order chi connectivity index (χ0) is 21.4. The topological polar surface area (TPSA) is 92.3 Å². The number of benzene rings is 1. The first kappa shape index (κ1) is 20.1. The van der Waals surface area contributed by atoms with Crippen LogP contribution in [0.3, 0.4) is 0 Å². The highest BCUT2D eigenvalue weighted by atomic mass is 19.2. The molecule has 0 radical (unpaired) electrons. The maximum absolute atomic E-state index is 14.0. The Balaban J connectivity index is 1.90. The Morgan fingerprint density at radius 1 is 1.27 bits per heavy atom. The minimum Gasteiger partial charge on any atom is -0.470 e. The number of fused-ring (bicyclic) bond motifs is 1. The highest BCUT2D eigenvalue weighted by molar-refractivity contribution is 5.92. The average Bonchev–Trinajstić information content (AvgIpc) is 3.06. The van der Waals surface area contributed by atoms with Gasteiger partial charge in [-0.15, -0.1) is 0 Å². The van der Waals surface area contributed by atoms with Crippen molar-refractivity contribution < 1.29 is 23.2 Å². The number of pyridine rings is 1. The molecule has 0 amide bonds. The second-order valence-electron chi connectivity index (χ2n) is 7.34. The molecule has 0 aliphatic carbocycles. The van der Waals surface area contributed by atoms with Crippen LogP contribution in [0.15, 0.2) is 24.3 Å². The quantitative estimate of drug-likeness (QED) is 0.438. The highest BCUT2D eigenvalue weighted by Gasteiger charge is 2.26. The summed E-state index contributed by atoms with van der Waals surface area (Å²) in [4.78, 5) is 15.0. The smallest absolute Gasteiger partial charge is 0.331 e. The summed E-state index contributed by atoms with van der Waals surface area (Å²) < 4.78 is 40.8. The predicted octanol–water partition coefficient (Wildman–Crippen LogP) is 4.77. The normalized spacial score (nSPS) is 16.9. The maximum atomic E-state index is 14.0. The van der Waals surface area contributed by atoms with Crippen molar-refractivity contribution in [3.05, 3.63) is 46.0 Å². The SMILES string of the molecule is CC(C)Oc1nc(-c2nn(C3CCCCO3)c3cc(F)c(F)cc23)ccc1[N+](=O)[O-]. The third kappa shape index (κ3) is 3.70. The Morgan fingerprint density at radius 2 is 2.03 bits per heavy atom. The van der Waals surface area contributed by atoms with Gasteiger partial charge in [-0.2, -0.15) is 5.10 Å². The molecule has 158 valence electrons. The highest BCUT2D eigenvalue weighted by Crippen LogP contribution is 2.35. The van der Waals surface area contributed by atoms with E-state index in [-0.39, 0.29) is 29.1 Å². The van der Waals surface area contributed by atoms with E-state index in [1.54, 1.807) is 13.8 Å². The molecule has 10 heteroatoms. The lowest BCUT2D eigenvalue weighted by molar-refractivity contribution is -0.386. The predicted molar refractivity (Wildman–Crippen MR) is 104 cm³/mol. The number of nitrogens with zero attached hydrogens (tertiary/aromatic N) is 4. The molecule has 1 aromatic carbocycles. The van der Waals surface area contributed by atoms with E-state index in [2.05, 4.69) is 10.1 Å². The fourth-order valence-electron chi connectivity index (χ4n) is 3.47. The molecule has 1 aliphatic rings. The van der Waals surface area contributed by atoms with E-state index in [0.717, 1.165) is 25.0 Å². The van der Waals surface area contributed by atoms with Crippen LogP contribution in [0.2, 0.25) is 0 Å². The third-order valence-electron chi connectivity index (χ3n) is 4.80. The summed E-state index contributed by atoms with van der Waals surface area (Å²) in [5, 5.41) is 16.2. The van der Waals surface area contributed by atoms with E-state index in [4.69, 9.17) is 9.47 Å². The van der Waals surface area contributed by atoms with Gasteiger partial charge < -0.3 is 9.47 Å². The Hall–Kier alpha value is -3.14. The molecule has 0 saturated carbocycles. The number of rotatable bonds is 5. The van der Waals surface area contributed by atoms with Crippen molar-refractivity contribution in [2.24, 2.45) is 0 Å². The number of hydrogen-bond donors (Lipinski definition) is 0. The summed E-state index contributed by atoms with van der Waals surface area (Å²) in [5.41, 5.74) is 0.592. The zero-order valence-electron chi connectivity index (χ0n) is 16.5. The maximum Gasteiger partial charge on any atom is 0.331 e. The largest absolute Gasteiger partial charge is 0.470 e. The molecule has 0 bridgehead atoms. The van der Waals surface area contributed by atoms with E-state index in [1.807, 2.05) is 0 Å². The second kappa shape index (κ2) is 7.94. The Labute approximate surface area is 170 Å². The summed E-state index contributed by atoms with van der Waals surface area (Å²) in [7, 11) is 0. The molecule has 3 heterocycles. The van der Waals surface area contributed by atoms with Crippen LogP contribution < -0.4 is 4.74 Å². The van der Waals surface area contributed by atoms with Crippen molar-refractivity contribution in [1.29, 1.82) is 0 Å². The van der Waals surface area contributed by atoms with Crippen LogP contribution in [0.25, 0.3) is 22.3 Å². The van der Waals surface area contributed by atoms with Gasteiger partial charge in [-0.05, 0) is 45.2 Å². The number of ether oxygens (including phenoxy) is 2. The van der Waals surface area contributed by atoms with Gasteiger partial charge in [0.05, 0.1) is 22.2 Å². The first-order valence-electron chi connectivity index (χ1n) is 9.66. The van der Waals surface area contributed by atoms with Crippen molar-refractivity contribution in [3.63, 3.8) is 0 Å². The van der Waals surface area contributed by atoms with Gasteiger partial charge in [0.2, 0.25) is 0 Å². The van der Waals surface area contributed by atoms with Crippen molar-refractivity contribution in [2.75, 3.05) is 6.61 Å². The number of hydrogen-bond acceptors (Lipinski definition) is 6. The summed E-state index contributed by atoms with van der Waals surface area (Å²) in [6, 6.07) is 4.82. The van der Waals surface area contributed by atoms with Crippen molar-refractivity contribution in [3.8, 4) is 17.3 Å². The summed E-state index contributed by atoms with van der Waals surface area (Å²) >= 11 is 0. The van der Waals surface area contributed by atoms with Crippen molar-refractivity contribution in [1.82, 2.24) is 14.8 Å². The van der Waals surface area contributed by atoms with E-state index >= 15 is 0 Å². The zero-order valence-corrected chi connectivity index (χ0v) is 16.5. The van der Waals surface area contributed by atoms with E-state index < -0.39 is 22.8 Å². The Bertz CT molecular complexity index is 1110. The van der Waals surface area contributed by atoms with Gasteiger partial charge in [-0.25, -0.2) is 18.4 Å². The molecule has 1 unspecified atom stereocenters. The van der Waals surface area contributed by atoms with Crippen LogP contribution in [0.5, 0.6) is 5.88 Å². The molecule has 3 aromatic rings. The van der Waals surface area contributed by atoms with Gasteiger partial charge in [0, 0.05) is 24.1 Å². The second-order valence-corrected chi connectivity index (χ2v) is 7.34. The Morgan fingerprint density at radius 3 is 2.70 bits per heavy atom. The van der Waals surface area contributed by atoms with E-state index in [0.29, 0.717) is 23.9 Å². The van der Waals surface area contributed by atoms with Gasteiger partial charge in [0.25, 0.3) is 5.88 Å². The molecule has 4 rings (SSSR count). The summed E-state index contributed by atoms with van der Waals surface area (Å²) in [5.74, 6) is -2.17. The lowest BCUT2D eigenvalue weighted by Gasteiger charge is -2.23. The molecular weight excluding hydrogens is 398 g/mol. The monoisotopic (exact) mass is 418 g/mol. The third-order valence-corrected chi connectivity index (χ3v) is 4.80. The lowest BCUT2D eigenvalue weighted by atomic mass is 10.1. The van der Waals surface area contributed by atoms with Crippen LogP contribution in [-0.2, 0) is 4.74 Å². The van der Waals surface area contributed by atoms with Gasteiger partial charge in [-0.3, -0.25) is 10.1 Å². The molecular formula is C20H20F2N4O4. The average molecular weight is 418 g/mol. The molecule has 30 heavy (non-hydrogen) atoms. The molecule has 8 nitrogen and oxygen atoms in total. The van der Waals surface area contributed by atoms with Crippen molar-refractivity contribution in [2.45, 2.75) is 45.4 Å². The van der Waals surface area contributed by atoms with Gasteiger partial charge in [0.15, 0.2) is 17.9 Å². The van der Waals surface area contributed by atoms with Crippen LogP contribution in [-0.4, -0.2) is 32.4 Å². The van der Waals surface area contributed by atoms with Crippen LogP contribution in [0.1, 0.15) is 39.3 Å². The molecule has 1 fully saturated rings.